The van der Waals surface area contributed by atoms with Crippen LogP contribution >= 0.6 is 0 Å². The molecule has 0 radical (unpaired) electrons. The molecule has 0 heterocycles. The Balaban J connectivity index is -0.000000320. The summed E-state index contributed by atoms with van der Waals surface area (Å²) < 4.78 is 4.62. The van der Waals surface area contributed by atoms with Crippen LogP contribution in [-0.2, 0) is 14.3 Å². The normalized spacial score (nSPS) is 8.30. The standard InChI is InChI=1S/C6H10O3.Na.H/c1-5(2)9-6(8)3-4-7;;/h4-5H,3H2,1-2H3;;/q;+1;-1. The summed E-state index contributed by atoms with van der Waals surface area (Å²) in [5.74, 6) is -0.458. The van der Waals surface area contributed by atoms with E-state index >= 15 is 0 Å². The second-order valence-corrected chi connectivity index (χ2v) is 1.91. The second kappa shape index (κ2) is 7.25. The molecule has 0 aromatic rings. The monoisotopic (exact) mass is 154 g/mol. The third-order valence-electron chi connectivity index (χ3n) is 0.617. The maximum atomic E-state index is 10.4. The summed E-state index contributed by atoms with van der Waals surface area (Å²) in [5.41, 5.74) is 0. The van der Waals surface area contributed by atoms with E-state index in [-0.39, 0.29) is 43.5 Å². The molecule has 0 atom stereocenters. The van der Waals surface area contributed by atoms with Gasteiger partial charge in [-0.05, 0) is 13.8 Å². The van der Waals surface area contributed by atoms with Crippen LogP contribution in [0.4, 0.5) is 0 Å². The van der Waals surface area contributed by atoms with E-state index in [1.165, 1.54) is 0 Å². The summed E-state index contributed by atoms with van der Waals surface area (Å²) in [6, 6.07) is 0. The van der Waals surface area contributed by atoms with Gasteiger partial charge in [0.05, 0.1) is 6.10 Å². The van der Waals surface area contributed by atoms with Crippen LogP contribution in [-0.4, -0.2) is 18.4 Å². The summed E-state index contributed by atoms with van der Waals surface area (Å²) >= 11 is 0. The quantitative estimate of drug-likeness (QED) is 0.198. The van der Waals surface area contributed by atoms with Crippen molar-refractivity contribution >= 4 is 12.3 Å². The van der Waals surface area contributed by atoms with Gasteiger partial charge in [-0.3, -0.25) is 4.79 Å². The molecule has 0 spiro atoms. The van der Waals surface area contributed by atoms with E-state index in [2.05, 4.69) is 4.74 Å². The summed E-state index contributed by atoms with van der Waals surface area (Å²) in [6.07, 6.45) is 0.264. The molecule has 0 N–H and O–H groups in total. The first kappa shape index (κ1) is 12.8. The number of esters is 1. The predicted octanol–water partition coefficient (Wildman–Crippen LogP) is -2.36. The van der Waals surface area contributed by atoms with E-state index in [0.29, 0.717) is 6.29 Å². The fourth-order valence-corrected chi connectivity index (χ4v) is 0.379. The van der Waals surface area contributed by atoms with E-state index in [0.717, 1.165) is 0 Å². The fourth-order valence-electron chi connectivity index (χ4n) is 0.379. The maximum absolute atomic E-state index is 10.4. The van der Waals surface area contributed by atoms with Gasteiger partial charge in [-0.15, -0.1) is 0 Å². The van der Waals surface area contributed by atoms with E-state index in [1.807, 2.05) is 0 Å². The van der Waals surface area contributed by atoms with Gasteiger partial charge < -0.3 is 11.0 Å². The van der Waals surface area contributed by atoms with Crippen LogP contribution in [0.1, 0.15) is 21.7 Å². The average molecular weight is 154 g/mol. The Bertz CT molecular complexity index is 116. The largest absolute Gasteiger partial charge is 1.00 e. The van der Waals surface area contributed by atoms with Crippen molar-refractivity contribution in [1.82, 2.24) is 0 Å². The second-order valence-electron chi connectivity index (χ2n) is 1.91. The number of hydrogen-bond acceptors (Lipinski definition) is 3. The molecule has 0 aliphatic carbocycles. The van der Waals surface area contributed by atoms with Gasteiger partial charge in [-0.2, -0.15) is 0 Å². The smallest absolute Gasteiger partial charge is 1.00 e. The molecule has 54 valence electrons. The molecule has 0 aliphatic heterocycles. The topological polar surface area (TPSA) is 43.4 Å². The molecule has 0 amide bonds. The molecular formula is C6H11NaO3. The first-order valence-electron chi connectivity index (χ1n) is 2.80. The van der Waals surface area contributed by atoms with E-state index in [9.17, 15) is 9.59 Å². The summed E-state index contributed by atoms with van der Waals surface area (Å²) in [4.78, 5) is 20.1. The molecule has 0 rings (SSSR count). The van der Waals surface area contributed by atoms with Gasteiger partial charge in [-0.1, -0.05) is 0 Å². The van der Waals surface area contributed by atoms with Crippen LogP contribution in [0.25, 0.3) is 0 Å². The van der Waals surface area contributed by atoms with Crippen molar-refractivity contribution in [3.05, 3.63) is 0 Å². The van der Waals surface area contributed by atoms with Gasteiger partial charge in [0, 0.05) is 0 Å². The van der Waals surface area contributed by atoms with Gasteiger partial charge in [0.1, 0.15) is 12.7 Å². The Hall–Kier alpha value is 0.140. The number of hydrogen-bond donors (Lipinski definition) is 0. The Morgan fingerprint density at radius 1 is 1.70 bits per heavy atom. The van der Waals surface area contributed by atoms with Crippen molar-refractivity contribution in [1.29, 1.82) is 0 Å². The van der Waals surface area contributed by atoms with Crippen molar-refractivity contribution in [3.63, 3.8) is 0 Å². The first-order chi connectivity index (χ1) is 4.16. The van der Waals surface area contributed by atoms with Crippen LogP contribution in [0, 0.1) is 0 Å². The molecule has 0 saturated heterocycles. The molecule has 0 bridgehead atoms. The number of aldehydes is 1. The maximum Gasteiger partial charge on any atom is 1.00 e. The van der Waals surface area contributed by atoms with Crippen LogP contribution in [0.15, 0.2) is 0 Å². The van der Waals surface area contributed by atoms with Gasteiger partial charge >= 0.3 is 35.5 Å². The van der Waals surface area contributed by atoms with Crippen LogP contribution < -0.4 is 29.6 Å². The van der Waals surface area contributed by atoms with Gasteiger partial charge in [-0.25, -0.2) is 0 Å². The van der Waals surface area contributed by atoms with Crippen molar-refractivity contribution in [3.8, 4) is 0 Å². The molecule has 0 unspecified atom stereocenters. The Labute approximate surface area is 83.9 Å². The molecule has 4 heteroatoms. The molecule has 10 heavy (non-hydrogen) atoms. The zero-order valence-electron chi connectivity index (χ0n) is 7.59. The third kappa shape index (κ3) is 8.14. The van der Waals surface area contributed by atoms with Crippen molar-refractivity contribution in [2.24, 2.45) is 0 Å². The van der Waals surface area contributed by atoms with Gasteiger partial charge in [0.25, 0.3) is 0 Å². The first-order valence-corrected chi connectivity index (χ1v) is 2.80. The van der Waals surface area contributed by atoms with Gasteiger partial charge in [0.15, 0.2) is 0 Å². The third-order valence-corrected chi connectivity index (χ3v) is 0.617. The Morgan fingerprint density at radius 2 is 2.20 bits per heavy atom. The SMILES string of the molecule is CC(C)OC(=O)CC=O.[H-].[Na+]. The number of rotatable bonds is 3. The zero-order chi connectivity index (χ0) is 7.28. The van der Waals surface area contributed by atoms with Crippen molar-refractivity contribution < 1.29 is 45.3 Å². The fraction of sp³-hybridized carbons (Fsp3) is 0.667. The van der Waals surface area contributed by atoms with E-state index in [1.54, 1.807) is 13.8 Å². The Kier molecular flexibility index (Phi) is 9.27. The summed E-state index contributed by atoms with van der Waals surface area (Å²) in [6.45, 7) is 3.48. The summed E-state index contributed by atoms with van der Waals surface area (Å²) in [5, 5.41) is 0. The molecule has 0 fully saturated rings. The minimum absolute atomic E-state index is 0. The van der Waals surface area contributed by atoms with E-state index in [4.69, 9.17) is 0 Å². The molecule has 3 nitrogen and oxygen atoms in total. The van der Waals surface area contributed by atoms with Crippen molar-refractivity contribution in [2.75, 3.05) is 0 Å². The molecule has 0 saturated carbocycles. The van der Waals surface area contributed by atoms with Crippen LogP contribution in [0.2, 0.25) is 0 Å². The predicted molar refractivity (Wildman–Crippen MR) is 33.0 cm³/mol. The minimum Gasteiger partial charge on any atom is -1.00 e. The molecule has 0 aromatic heterocycles. The van der Waals surface area contributed by atoms with E-state index < -0.39 is 5.97 Å². The summed E-state index contributed by atoms with van der Waals surface area (Å²) in [7, 11) is 0. The van der Waals surface area contributed by atoms with Crippen LogP contribution in [0.3, 0.4) is 0 Å². The van der Waals surface area contributed by atoms with Crippen molar-refractivity contribution in [2.45, 2.75) is 26.4 Å². The Morgan fingerprint density at radius 3 is 2.50 bits per heavy atom. The minimum atomic E-state index is -0.458. The number of carbonyl (C=O) groups excluding carboxylic acids is 2. The number of ether oxygens (including phenoxy) is 1. The zero-order valence-corrected chi connectivity index (χ0v) is 8.59. The molecule has 0 aliphatic rings. The number of carbonyl (C=O) groups is 2. The molecule has 0 aromatic carbocycles. The van der Waals surface area contributed by atoms with Crippen LogP contribution in [0.5, 0.6) is 0 Å². The molecular weight excluding hydrogens is 143 g/mol. The average Bonchev–Trinajstić information content (AvgIpc) is 1.63. The van der Waals surface area contributed by atoms with Gasteiger partial charge in [0.2, 0.25) is 0 Å².